The Hall–Kier alpha value is 0.01000. The molecule has 0 N–H and O–H groups in total. The Bertz CT molecular complexity index is 73.3. The normalized spacial score (nSPS) is 11.3. The molecule has 0 saturated carbocycles. The summed E-state index contributed by atoms with van der Waals surface area (Å²) >= 11 is 2.42. The summed E-state index contributed by atoms with van der Waals surface area (Å²) in [6, 6.07) is 0. The third-order valence-electron chi connectivity index (χ3n) is 0.317. The fraction of sp³-hybridized carbons (Fsp3) is 0.667. The number of carbonyl (C=O) groups excluding carboxylic acids is 1. The summed E-state index contributed by atoms with van der Waals surface area (Å²) in [7, 11) is 0. The number of rotatable bonds is 2. The van der Waals surface area contributed by atoms with Crippen LogP contribution < -0.4 is 0 Å². The Morgan fingerprint density at radius 1 is 1.71 bits per heavy atom. The molecule has 0 rings (SSSR count). The summed E-state index contributed by atoms with van der Waals surface area (Å²) in [6.45, 7) is 0. The first-order valence-corrected chi connectivity index (χ1v) is 2.57. The maximum absolute atomic E-state index is 11.4. The zero-order valence-corrected chi connectivity index (χ0v) is 4.84. The van der Waals surface area contributed by atoms with Gasteiger partial charge in [0.2, 0.25) is 0 Å². The van der Waals surface area contributed by atoms with E-state index in [0.717, 1.165) is 0 Å². The number of hydrogen-bond donors (Lipinski definition) is 0. The zero-order chi connectivity index (χ0) is 5.91. The molecule has 0 aromatic rings. The van der Waals surface area contributed by atoms with Crippen LogP contribution in [0.25, 0.3) is 0 Å². The number of hydrogen-bond acceptors (Lipinski definition) is 1. The second-order valence-corrected chi connectivity index (χ2v) is 1.50. The van der Waals surface area contributed by atoms with Gasteiger partial charge in [-0.05, 0) is 0 Å². The topological polar surface area (TPSA) is 17.1 Å². The van der Waals surface area contributed by atoms with E-state index in [1.165, 1.54) is 0 Å². The van der Waals surface area contributed by atoms with Gasteiger partial charge >= 0.3 is 5.92 Å². The van der Waals surface area contributed by atoms with E-state index in [4.69, 9.17) is 4.79 Å². The highest BCUT2D eigenvalue weighted by atomic mass is 79.9. The Labute approximate surface area is 47.8 Å². The predicted molar refractivity (Wildman–Crippen MR) is 24.4 cm³/mol. The lowest BCUT2D eigenvalue weighted by Crippen LogP contribution is -2.18. The molecule has 0 aliphatic heterocycles. The van der Waals surface area contributed by atoms with Crippen LogP contribution in [0.15, 0.2) is 0 Å². The predicted octanol–water partition coefficient (Wildman–Crippen LogP) is 1.13. The Kier molecular flexibility index (Phi) is 2.35. The molecule has 0 bridgehead atoms. The maximum atomic E-state index is 11.4. The second-order valence-electron chi connectivity index (χ2n) is 0.940. The van der Waals surface area contributed by atoms with E-state index < -0.39 is 11.3 Å². The molecular formula is C3H2BrF2O. The Balaban J connectivity index is 3.58. The van der Waals surface area contributed by atoms with Gasteiger partial charge in [0, 0.05) is 0 Å². The van der Waals surface area contributed by atoms with Gasteiger partial charge in [-0.1, -0.05) is 15.9 Å². The van der Waals surface area contributed by atoms with Crippen molar-refractivity contribution in [3.8, 4) is 0 Å². The molecule has 0 saturated heterocycles. The Morgan fingerprint density at radius 3 is 2.14 bits per heavy atom. The van der Waals surface area contributed by atoms with Crippen LogP contribution in [0, 0.1) is 0 Å². The summed E-state index contributed by atoms with van der Waals surface area (Å²) in [5.74, 6) is -3.31. The van der Waals surface area contributed by atoms with Gasteiger partial charge in [0.25, 0.3) is 6.29 Å². The van der Waals surface area contributed by atoms with Crippen LogP contribution in [0.5, 0.6) is 0 Å². The first-order valence-electron chi connectivity index (χ1n) is 1.45. The molecule has 41 valence electrons. The monoisotopic (exact) mass is 171 g/mol. The van der Waals surface area contributed by atoms with E-state index in [2.05, 4.69) is 15.9 Å². The quantitative estimate of drug-likeness (QED) is 0.570. The fourth-order valence-corrected chi connectivity index (χ4v) is 0.142. The van der Waals surface area contributed by atoms with Crippen LogP contribution in [0.1, 0.15) is 0 Å². The van der Waals surface area contributed by atoms with Gasteiger partial charge in [-0.25, -0.2) is 0 Å². The van der Waals surface area contributed by atoms with Crippen LogP contribution in [0.2, 0.25) is 0 Å². The average Bonchev–Trinajstić information content (AvgIpc) is 1.68. The van der Waals surface area contributed by atoms with Crippen LogP contribution in [0.4, 0.5) is 8.78 Å². The van der Waals surface area contributed by atoms with Crippen molar-refractivity contribution < 1.29 is 13.6 Å². The zero-order valence-electron chi connectivity index (χ0n) is 3.25. The molecule has 7 heavy (non-hydrogen) atoms. The van der Waals surface area contributed by atoms with E-state index in [1.54, 1.807) is 0 Å². The molecule has 0 atom stereocenters. The van der Waals surface area contributed by atoms with Crippen molar-refractivity contribution in [2.24, 2.45) is 0 Å². The standard InChI is InChI=1S/C3H2BrF2O/c4-1-3(5,6)2-7/h1H2. The van der Waals surface area contributed by atoms with Gasteiger partial charge in [-0.2, -0.15) is 8.78 Å². The summed E-state index contributed by atoms with van der Waals surface area (Å²) < 4.78 is 22.8. The largest absolute Gasteiger partial charge is 0.322 e. The maximum Gasteiger partial charge on any atom is 0.322 e. The molecule has 0 aliphatic carbocycles. The first kappa shape index (κ1) is 7.01. The molecular weight excluding hydrogens is 170 g/mol. The van der Waals surface area contributed by atoms with E-state index >= 15 is 0 Å². The van der Waals surface area contributed by atoms with Crippen molar-refractivity contribution in [1.29, 1.82) is 0 Å². The van der Waals surface area contributed by atoms with E-state index in [1.807, 2.05) is 0 Å². The number of alkyl halides is 3. The van der Waals surface area contributed by atoms with E-state index in [-0.39, 0.29) is 0 Å². The summed E-state index contributed by atoms with van der Waals surface area (Å²) in [5.41, 5.74) is 0. The van der Waals surface area contributed by atoms with Crippen LogP contribution in [-0.2, 0) is 4.79 Å². The minimum absolute atomic E-state index is 0.561. The second kappa shape index (κ2) is 2.35. The third-order valence-corrected chi connectivity index (χ3v) is 1.02. The highest BCUT2D eigenvalue weighted by molar-refractivity contribution is 9.09. The Morgan fingerprint density at radius 2 is 2.14 bits per heavy atom. The lowest BCUT2D eigenvalue weighted by Gasteiger charge is -1.97. The molecule has 4 heteroatoms. The van der Waals surface area contributed by atoms with Crippen LogP contribution >= 0.6 is 15.9 Å². The van der Waals surface area contributed by atoms with Crippen molar-refractivity contribution in [2.45, 2.75) is 5.92 Å². The van der Waals surface area contributed by atoms with Crippen molar-refractivity contribution in [3.05, 3.63) is 0 Å². The van der Waals surface area contributed by atoms with Crippen molar-refractivity contribution in [2.75, 3.05) is 5.33 Å². The molecule has 0 spiro atoms. The lowest BCUT2D eigenvalue weighted by atomic mass is 10.5. The van der Waals surface area contributed by atoms with Crippen molar-refractivity contribution in [3.63, 3.8) is 0 Å². The van der Waals surface area contributed by atoms with Gasteiger partial charge in [0.1, 0.15) is 0 Å². The minimum Gasteiger partial charge on any atom is -0.284 e. The molecule has 0 heterocycles. The molecule has 0 aromatic carbocycles. The van der Waals surface area contributed by atoms with Gasteiger partial charge < -0.3 is 0 Å². The summed E-state index contributed by atoms with van der Waals surface area (Å²) in [5, 5.41) is -0.649. The van der Waals surface area contributed by atoms with Gasteiger partial charge in [0.05, 0.1) is 5.33 Å². The first-order chi connectivity index (χ1) is 3.12. The van der Waals surface area contributed by atoms with Gasteiger partial charge in [0.15, 0.2) is 0 Å². The molecule has 1 nitrogen and oxygen atoms in total. The van der Waals surface area contributed by atoms with Crippen molar-refractivity contribution >= 4 is 22.2 Å². The highest BCUT2D eigenvalue weighted by Gasteiger charge is 2.26. The van der Waals surface area contributed by atoms with Gasteiger partial charge in [-0.15, -0.1) is 0 Å². The van der Waals surface area contributed by atoms with Crippen LogP contribution in [0.3, 0.4) is 0 Å². The van der Waals surface area contributed by atoms with E-state index in [0.29, 0.717) is 6.29 Å². The molecule has 0 aromatic heterocycles. The third kappa shape index (κ3) is 2.68. The van der Waals surface area contributed by atoms with Crippen molar-refractivity contribution in [1.82, 2.24) is 0 Å². The van der Waals surface area contributed by atoms with Crippen LogP contribution in [-0.4, -0.2) is 17.5 Å². The minimum atomic E-state index is -3.31. The summed E-state index contributed by atoms with van der Waals surface area (Å²) in [6.07, 6.45) is 0.561. The molecule has 1 radical (unpaired) electrons. The SMILES string of the molecule is O=[C]C(F)(F)CBr. The molecule has 0 aliphatic rings. The molecule has 0 unspecified atom stereocenters. The number of halogens is 3. The summed E-state index contributed by atoms with van der Waals surface area (Å²) in [4.78, 5) is 9.15. The lowest BCUT2D eigenvalue weighted by molar-refractivity contribution is 0.103. The highest BCUT2D eigenvalue weighted by Crippen LogP contribution is 2.11. The average molecular weight is 172 g/mol. The fourth-order valence-electron chi connectivity index (χ4n) is 0.0273. The van der Waals surface area contributed by atoms with E-state index in [9.17, 15) is 8.78 Å². The smallest absolute Gasteiger partial charge is 0.284 e. The molecule has 0 amide bonds. The molecule has 0 fully saturated rings. The van der Waals surface area contributed by atoms with Gasteiger partial charge in [-0.3, -0.25) is 4.79 Å².